The molecule has 72 valence electrons. The molecule has 1 aromatic rings. The maximum absolute atomic E-state index is 5.87. The number of hydrogen-bond donors (Lipinski definition) is 0. The van der Waals surface area contributed by atoms with Crippen molar-refractivity contribution >= 4 is 50.9 Å². The fourth-order valence-corrected chi connectivity index (χ4v) is 2.72. The van der Waals surface area contributed by atoms with Gasteiger partial charge in [-0.15, -0.1) is 11.8 Å². The van der Waals surface area contributed by atoms with Crippen molar-refractivity contribution in [2.45, 2.75) is 11.3 Å². The van der Waals surface area contributed by atoms with E-state index in [2.05, 4.69) is 15.9 Å². The van der Waals surface area contributed by atoms with Crippen molar-refractivity contribution in [3.05, 3.63) is 28.2 Å². The standard InChI is InChI=1S/C9H9BrCl2S/c10-4-1-5-13-7-2-3-8(11)9(12)6-7/h2-3,6H,1,4-5H2. The summed E-state index contributed by atoms with van der Waals surface area (Å²) in [4.78, 5) is 1.18. The number of thioether (sulfide) groups is 1. The summed E-state index contributed by atoms with van der Waals surface area (Å²) < 4.78 is 0. The zero-order valence-electron chi connectivity index (χ0n) is 6.90. The molecule has 0 heterocycles. The Morgan fingerprint density at radius 1 is 1.23 bits per heavy atom. The Bertz CT molecular complexity index is 278. The second kappa shape index (κ2) is 6.18. The van der Waals surface area contributed by atoms with E-state index in [9.17, 15) is 0 Å². The van der Waals surface area contributed by atoms with Crippen LogP contribution < -0.4 is 0 Å². The summed E-state index contributed by atoms with van der Waals surface area (Å²) in [6.07, 6.45) is 1.16. The molecule has 0 N–H and O–H groups in total. The maximum Gasteiger partial charge on any atom is 0.0603 e. The highest BCUT2D eigenvalue weighted by Crippen LogP contribution is 2.28. The van der Waals surface area contributed by atoms with E-state index in [1.807, 2.05) is 18.2 Å². The van der Waals surface area contributed by atoms with Crippen molar-refractivity contribution in [3.63, 3.8) is 0 Å². The molecule has 1 rings (SSSR count). The first-order valence-electron chi connectivity index (χ1n) is 3.88. The molecule has 0 saturated carbocycles. The van der Waals surface area contributed by atoms with Crippen LogP contribution in [0.15, 0.2) is 23.1 Å². The SMILES string of the molecule is Clc1ccc(SCCCBr)cc1Cl. The summed E-state index contributed by atoms with van der Waals surface area (Å²) in [5.74, 6) is 1.10. The minimum atomic E-state index is 0.617. The highest BCUT2D eigenvalue weighted by atomic mass is 79.9. The Morgan fingerprint density at radius 3 is 2.62 bits per heavy atom. The van der Waals surface area contributed by atoms with Gasteiger partial charge >= 0.3 is 0 Å². The predicted octanol–water partition coefficient (Wildman–Crippen LogP) is 4.87. The van der Waals surface area contributed by atoms with Crippen molar-refractivity contribution in [2.24, 2.45) is 0 Å². The van der Waals surface area contributed by atoms with E-state index in [1.165, 1.54) is 4.90 Å². The Hall–Kier alpha value is 0.630. The summed E-state index contributed by atoms with van der Waals surface area (Å²) in [5, 5.41) is 2.29. The van der Waals surface area contributed by atoms with E-state index in [1.54, 1.807) is 11.8 Å². The van der Waals surface area contributed by atoms with Gasteiger partial charge in [0.15, 0.2) is 0 Å². The minimum Gasteiger partial charge on any atom is -0.126 e. The van der Waals surface area contributed by atoms with E-state index in [-0.39, 0.29) is 0 Å². The maximum atomic E-state index is 5.87. The Morgan fingerprint density at radius 2 is 2.00 bits per heavy atom. The number of benzene rings is 1. The fraction of sp³-hybridized carbons (Fsp3) is 0.333. The molecular weight excluding hydrogens is 291 g/mol. The molecule has 0 unspecified atom stereocenters. The summed E-state index contributed by atoms with van der Waals surface area (Å²) in [6, 6.07) is 5.73. The van der Waals surface area contributed by atoms with Crippen LogP contribution >= 0.6 is 50.9 Å². The first-order valence-corrected chi connectivity index (χ1v) is 6.74. The minimum absolute atomic E-state index is 0.617. The Balaban J connectivity index is 2.53. The van der Waals surface area contributed by atoms with Gasteiger partial charge in [-0.1, -0.05) is 39.1 Å². The van der Waals surface area contributed by atoms with Gasteiger partial charge in [0.05, 0.1) is 10.0 Å². The highest BCUT2D eigenvalue weighted by molar-refractivity contribution is 9.09. The van der Waals surface area contributed by atoms with Crippen LogP contribution in [-0.2, 0) is 0 Å². The fourth-order valence-electron chi connectivity index (χ4n) is 0.811. The van der Waals surface area contributed by atoms with Crippen LogP contribution in [0.1, 0.15) is 6.42 Å². The molecular formula is C9H9BrCl2S. The van der Waals surface area contributed by atoms with Crippen LogP contribution in [-0.4, -0.2) is 11.1 Å². The number of alkyl halides is 1. The van der Waals surface area contributed by atoms with Gasteiger partial charge in [0.1, 0.15) is 0 Å². The average molecular weight is 300 g/mol. The molecule has 0 amide bonds. The predicted molar refractivity (Wildman–Crippen MR) is 65.6 cm³/mol. The lowest BCUT2D eigenvalue weighted by atomic mass is 10.4. The first-order chi connectivity index (χ1) is 6.24. The Labute approximate surface area is 101 Å². The summed E-state index contributed by atoms with van der Waals surface area (Å²) in [5.41, 5.74) is 0. The molecule has 0 nitrogen and oxygen atoms in total. The van der Waals surface area contributed by atoms with Gasteiger partial charge < -0.3 is 0 Å². The van der Waals surface area contributed by atoms with E-state index in [0.717, 1.165) is 17.5 Å². The van der Waals surface area contributed by atoms with Crippen LogP contribution in [0.4, 0.5) is 0 Å². The molecule has 0 fully saturated rings. The third-order valence-corrected chi connectivity index (χ3v) is 3.82. The molecule has 0 radical (unpaired) electrons. The van der Waals surface area contributed by atoms with Gasteiger partial charge in [-0.05, 0) is 30.4 Å². The molecule has 0 aromatic heterocycles. The average Bonchev–Trinajstić information content (AvgIpc) is 2.12. The number of hydrogen-bond acceptors (Lipinski definition) is 1. The largest absolute Gasteiger partial charge is 0.126 e. The molecule has 0 aliphatic carbocycles. The quantitative estimate of drug-likeness (QED) is 0.434. The zero-order chi connectivity index (χ0) is 9.68. The lowest BCUT2D eigenvalue weighted by molar-refractivity contribution is 1.13. The van der Waals surface area contributed by atoms with Gasteiger partial charge in [0, 0.05) is 10.2 Å². The third kappa shape index (κ3) is 4.11. The van der Waals surface area contributed by atoms with Crippen LogP contribution in [0.25, 0.3) is 0 Å². The van der Waals surface area contributed by atoms with Crippen LogP contribution in [0, 0.1) is 0 Å². The zero-order valence-corrected chi connectivity index (χ0v) is 10.8. The smallest absolute Gasteiger partial charge is 0.0603 e. The van der Waals surface area contributed by atoms with Gasteiger partial charge in [0.2, 0.25) is 0 Å². The summed E-state index contributed by atoms with van der Waals surface area (Å²) in [6.45, 7) is 0. The Kier molecular flexibility index (Phi) is 5.56. The van der Waals surface area contributed by atoms with E-state index in [0.29, 0.717) is 10.0 Å². The van der Waals surface area contributed by atoms with Crippen molar-refractivity contribution in [2.75, 3.05) is 11.1 Å². The molecule has 4 heteroatoms. The first kappa shape index (κ1) is 11.7. The lowest BCUT2D eigenvalue weighted by Gasteiger charge is -2.01. The molecule has 1 aromatic carbocycles. The van der Waals surface area contributed by atoms with E-state index in [4.69, 9.17) is 23.2 Å². The van der Waals surface area contributed by atoms with Gasteiger partial charge in [0.25, 0.3) is 0 Å². The second-order valence-corrected chi connectivity index (χ2v) is 5.24. The van der Waals surface area contributed by atoms with E-state index < -0.39 is 0 Å². The normalized spacial score (nSPS) is 10.4. The molecule has 0 spiro atoms. The topological polar surface area (TPSA) is 0 Å². The summed E-state index contributed by atoms with van der Waals surface area (Å²) in [7, 11) is 0. The second-order valence-electron chi connectivity index (χ2n) is 2.47. The van der Waals surface area contributed by atoms with Gasteiger partial charge in [-0.25, -0.2) is 0 Å². The molecule has 0 saturated heterocycles. The lowest BCUT2D eigenvalue weighted by Crippen LogP contribution is -1.80. The molecule has 0 bridgehead atoms. The number of rotatable bonds is 4. The molecule has 0 aliphatic rings. The van der Waals surface area contributed by atoms with Crippen LogP contribution in [0.5, 0.6) is 0 Å². The van der Waals surface area contributed by atoms with Crippen LogP contribution in [0.2, 0.25) is 10.0 Å². The van der Waals surface area contributed by atoms with Gasteiger partial charge in [-0.2, -0.15) is 0 Å². The molecule has 0 aliphatic heterocycles. The van der Waals surface area contributed by atoms with Gasteiger partial charge in [-0.3, -0.25) is 0 Å². The van der Waals surface area contributed by atoms with Crippen molar-refractivity contribution in [1.82, 2.24) is 0 Å². The monoisotopic (exact) mass is 298 g/mol. The molecule has 0 atom stereocenters. The van der Waals surface area contributed by atoms with E-state index >= 15 is 0 Å². The van der Waals surface area contributed by atoms with Crippen LogP contribution in [0.3, 0.4) is 0 Å². The number of halogens is 3. The third-order valence-electron chi connectivity index (χ3n) is 1.44. The summed E-state index contributed by atoms with van der Waals surface area (Å²) >= 11 is 16.8. The molecule has 13 heavy (non-hydrogen) atoms. The van der Waals surface area contributed by atoms with Crippen molar-refractivity contribution in [1.29, 1.82) is 0 Å². The highest BCUT2D eigenvalue weighted by Gasteiger charge is 1.99. The van der Waals surface area contributed by atoms with Crippen molar-refractivity contribution < 1.29 is 0 Å². The van der Waals surface area contributed by atoms with Crippen molar-refractivity contribution in [3.8, 4) is 0 Å².